The summed E-state index contributed by atoms with van der Waals surface area (Å²) in [5.41, 5.74) is 4.83. The van der Waals surface area contributed by atoms with E-state index in [4.69, 9.17) is 4.84 Å². The molecule has 0 radical (unpaired) electrons. The lowest BCUT2D eigenvalue weighted by molar-refractivity contribution is 0.0350. The lowest BCUT2D eigenvalue weighted by Gasteiger charge is -2.03. The second-order valence-electron chi connectivity index (χ2n) is 2.73. The summed E-state index contributed by atoms with van der Waals surface area (Å²) in [6.45, 7) is 6.70. The summed E-state index contributed by atoms with van der Waals surface area (Å²) in [6, 6.07) is 3.96. The van der Waals surface area contributed by atoms with Crippen molar-refractivity contribution in [2.75, 3.05) is 6.54 Å². The molecular formula is C10H14N2O. The first-order valence-electron chi connectivity index (χ1n) is 4.20. The minimum atomic E-state index is 0.529. The van der Waals surface area contributed by atoms with Gasteiger partial charge in [0.25, 0.3) is 0 Å². The van der Waals surface area contributed by atoms with Gasteiger partial charge < -0.3 is 0 Å². The molecule has 1 rings (SSSR count). The van der Waals surface area contributed by atoms with E-state index in [0.717, 1.165) is 11.3 Å². The first kappa shape index (κ1) is 9.89. The molecule has 0 fully saturated rings. The molecule has 1 aromatic rings. The lowest BCUT2D eigenvalue weighted by atomic mass is 10.3. The minimum absolute atomic E-state index is 0.529. The maximum absolute atomic E-state index is 5.14. The Kier molecular flexibility index (Phi) is 4.15. The van der Waals surface area contributed by atoms with Crippen molar-refractivity contribution < 1.29 is 4.84 Å². The Labute approximate surface area is 78.4 Å². The predicted octanol–water partition coefficient (Wildman–Crippen LogP) is 1.60. The highest BCUT2D eigenvalue weighted by Gasteiger charge is 1.92. The third-order valence-corrected chi connectivity index (χ3v) is 1.54. The number of hydrogen-bond acceptors (Lipinski definition) is 3. The molecule has 0 amide bonds. The highest BCUT2D eigenvalue weighted by Crippen LogP contribution is 1.99. The molecule has 0 bridgehead atoms. The molecule has 0 atom stereocenters. The van der Waals surface area contributed by atoms with Crippen LogP contribution in [0.5, 0.6) is 0 Å². The van der Waals surface area contributed by atoms with Gasteiger partial charge in [-0.2, -0.15) is 5.48 Å². The zero-order chi connectivity index (χ0) is 9.52. The maximum atomic E-state index is 5.14. The van der Waals surface area contributed by atoms with Crippen LogP contribution < -0.4 is 5.48 Å². The van der Waals surface area contributed by atoms with Crippen molar-refractivity contribution >= 4 is 0 Å². The number of aryl methyl sites for hydroxylation is 1. The first-order valence-corrected chi connectivity index (χ1v) is 4.20. The number of nitrogens with one attached hydrogen (secondary N) is 1. The van der Waals surface area contributed by atoms with Gasteiger partial charge in [0.15, 0.2) is 0 Å². The van der Waals surface area contributed by atoms with Gasteiger partial charge in [-0.1, -0.05) is 12.1 Å². The molecule has 70 valence electrons. The van der Waals surface area contributed by atoms with Crippen LogP contribution >= 0.6 is 0 Å². The fourth-order valence-corrected chi connectivity index (χ4v) is 0.836. The van der Waals surface area contributed by atoms with E-state index in [-0.39, 0.29) is 0 Å². The molecule has 1 N–H and O–H groups in total. The van der Waals surface area contributed by atoms with Gasteiger partial charge in [-0.15, -0.1) is 6.58 Å². The second kappa shape index (κ2) is 5.45. The molecule has 0 aromatic carbocycles. The Morgan fingerprint density at radius 1 is 1.62 bits per heavy atom. The van der Waals surface area contributed by atoms with Crippen molar-refractivity contribution in [3.8, 4) is 0 Å². The normalized spacial score (nSPS) is 9.92. The van der Waals surface area contributed by atoms with Crippen LogP contribution in [0.3, 0.4) is 0 Å². The van der Waals surface area contributed by atoms with E-state index in [2.05, 4.69) is 17.0 Å². The Hall–Kier alpha value is -1.19. The SMILES string of the molecule is C=CCNOCc1ccc(C)nc1. The van der Waals surface area contributed by atoms with Crippen molar-refractivity contribution in [3.63, 3.8) is 0 Å². The summed E-state index contributed by atoms with van der Waals surface area (Å²) in [7, 11) is 0. The Morgan fingerprint density at radius 2 is 2.46 bits per heavy atom. The van der Waals surface area contributed by atoms with Crippen LogP contribution in [-0.2, 0) is 11.4 Å². The highest BCUT2D eigenvalue weighted by atomic mass is 16.6. The van der Waals surface area contributed by atoms with Gasteiger partial charge in [-0.05, 0) is 18.6 Å². The van der Waals surface area contributed by atoms with E-state index in [1.165, 1.54) is 0 Å². The fraction of sp³-hybridized carbons (Fsp3) is 0.300. The molecule has 0 spiro atoms. The molecule has 0 unspecified atom stereocenters. The Morgan fingerprint density at radius 3 is 3.08 bits per heavy atom. The fourth-order valence-electron chi connectivity index (χ4n) is 0.836. The van der Waals surface area contributed by atoms with Crippen LogP contribution in [0.25, 0.3) is 0 Å². The van der Waals surface area contributed by atoms with Gasteiger partial charge in [-0.3, -0.25) is 9.82 Å². The van der Waals surface area contributed by atoms with Crippen LogP contribution in [-0.4, -0.2) is 11.5 Å². The molecule has 0 saturated carbocycles. The first-order chi connectivity index (χ1) is 6.33. The quantitative estimate of drug-likeness (QED) is 0.422. The summed E-state index contributed by atoms with van der Waals surface area (Å²) in [5.74, 6) is 0. The molecule has 1 heterocycles. The van der Waals surface area contributed by atoms with Gasteiger partial charge >= 0.3 is 0 Å². The molecule has 3 nitrogen and oxygen atoms in total. The van der Waals surface area contributed by atoms with E-state index in [9.17, 15) is 0 Å². The molecule has 3 heteroatoms. The van der Waals surface area contributed by atoms with Crippen LogP contribution in [0.2, 0.25) is 0 Å². The third-order valence-electron chi connectivity index (χ3n) is 1.54. The average molecular weight is 178 g/mol. The molecule has 0 aliphatic carbocycles. The molecule has 0 aliphatic heterocycles. The smallest absolute Gasteiger partial charge is 0.0947 e. The molecule has 1 aromatic heterocycles. The van der Waals surface area contributed by atoms with Gasteiger partial charge in [-0.25, -0.2) is 0 Å². The van der Waals surface area contributed by atoms with E-state index < -0.39 is 0 Å². The van der Waals surface area contributed by atoms with Gasteiger partial charge in [0, 0.05) is 18.4 Å². The number of nitrogens with zero attached hydrogens (tertiary/aromatic N) is 1. The van der Waals surface area contributed by atoms with Crippen molar-refractivity contribution in [3.05, 3.63) is 42.2 Å². The largest absolute Gasteiger partial charge is 0.297 e. The molecule has 13 heavy (non-hydrogen) atoms. The van der Waals surface area contributed by atoms with Gasteiger partial charge in [0.2, 0.25) is 0 Å². The van der Waals surface area contributed by atoms with E-state index in [0.29, 0.717) is 13.2 Å². The van der Waals surface area contributed by atoms with Crippen LogP contribution in [0, 0.1) is 6.92 Å². The van der Waals surface area contributed by atoms with E-state index in [1.54, 1.807) is 6.08 Å². The number of hydrogen-bond donors (Lipinski definition) is 1. The van der Waals surface area contributed by atoms with Crippen molar-refractivity contribution in [2.45, 2.75) is 13.5 Å². The summed E-state index contributed by atoms with van der Waals surface area (Å²) >= 11 is 0. The molecule has 0 saturated heterocycles. The van der Waals surface area contributed by atoms with Crippen molar-refractivity contribution in [1.29, 1.82) is 0 Å². The zero-order valence-corrected chi connectivity index (χ0v) is 7.79. The Bertz CT molecular complexity index is 256. The topological polar surface area (TPSA) is 34.1 Å². The number of rotatable bonds is 5. The van der Waals surface area contributed by atoms with Crippen molar-refractivity contribution in [2.24, 2.45) is 0 Å². The summed E-state index contributed by atoms with van der Waals surface area (Å²) < 4.78 is 0. The number of pyridine rings is 1. The summed E-state index contributed by atoms with van der Waals surface area (Å²) in [6.07, 6.45) is 3.55. The maximum Gasteiger partial charge on any atom is 0.0947 e. The van der Waals surface area contributed by atoms with Gasteiger partial charge in [0.1, 0.15) is 0 Å². The van der Waals surface area contributed by atoms with E-state index >= 15 is 0 Å². The molecule has 0 aliphatic rings. The summed E-state index contributed by atoms with van der Waals surface area (Å²) in [4.78, 5) is 9.29. The van der Waals surface area contributed by atoms with Crippen molar-refractivity contribution in [1.82, 2.24) is 10.5 Å². The standard InChI is InChI=1S/C10H14N2O/c1-3-6-12-13-8-10-5-4-9(2)11-7-10/h3-5,7,12H,1,6,8H2,2H3. The monoisotopic (exact) mass is 178 g/mol. The average Bonchev–Trinajstić information content (AvgIpc) is 2.15. The van der Waals surface area contributed by atoms with Gasteiger partial charge in [0.05, 0.1) is 6.61 Å². The Balaban J connectivity index is 2.28. The summed E-state index contributed by atoms with van der Waals surface area (Å²) in [5, 5.41) is 0. The molecular weight excluding hydrogens is 164 g/mol. The second-order valence-corrected chi connectivity index (χ2v) is 2.73. The minimum Gasteiger partial charge on any atom is -0.297 e. The lowest BCUT2D eigenvalue weighted by Crippen LogP contribution is -2.13. The van der Waals surface area contributed by atoms with E-state index in [1.807, 2.05) is 25.3 Å². The zero-order valence-electron chi connectivity index (χ0n) is 7.79. The number of aromatic nitrogens is 1. The van der Waals surface area contributed by atoms with Crippen LogP contribution in [0.1, 0.15) is 11.3 Å². The predicted molar refractivity (Wildman–Crippen MR) is 52.0 cm³/mol. The van der Waals surface area contributed by atoms with Crippen LogP contribution in [0.15, 0.2) is 31.0 Å². The third kappa shape index (κ3) is 3.83. The number of hydroxylamine groups is 1. The van der Waals surface area contributed by atoms with Crippen LogP contribution in [0.4, 0.5) is 0 Å². The highest BCUT2D eigenvalue weighted by molar-refractivity contribution is 5.11.